The summed E-state index contributed by atoms with van der Waals surface area (Å²) in [6.07, 6.45) is 24.8. The van der Waals surface area contributed by atoms with E-state index < -0.39 is 0 Å². The first-order valence-electron chi connectivity index (χ1n) is 12.8. The Kier molecular flexibility index (Phi) is 17.3. The molecular weight excluding hydrogens is 354 g/mol. The number of benzene rings is 1. The molecule has 2 atom stereocenters. The fourth-order valence-electron chi connectivity index (χ4n) is 4.36. The molecule has 0 aliphatic rings. The zero-order valence-electron chi connectivity index (χ0n) is 19.6. The molecule has 1 rings (SSSR count). The Morgan fingerprint density at radius 1 is 0.621 bits per heavy atom. The first kappa shape index (κ1) is 26.2. The Hall–Kier alpha value is -0.860. The van der Waals surface area contributed by atoms with Gasteiger partial charge >= 0.3 is 0 Å². The minimum atomic E-state index is 0.104. The number of hydroxylamine groups is 2. The van der Waals surface area contributed by atoms with Crippen molar-refractivity contribution in [1.82, 2.24) is 0 Å². The molecule has 0 spiro atoms. The molecule has 0 fully saturated rings. The Morgan fingerprint density at radius 3 is 1.38 bits per heavy atom. The fraction of sp³-hybridized carbons (Fsp3) is 0.778. The quantitative estimate of drug-likeness (QED) is 0.175. The molecule has 0 amide bonds. The van der Waals surface area contributed by atoms with Gasteiger partial charge in [0.1, 0.15) is 6.04 Å². The van der Waals surface area contributed by atoms with Crippen molar-refractivity contribution in [3.8, 4) is 0 Å². The smallest absolute Gasteiger partial charge is 0.113 e. The predicted octanol–water partition coefficient (Wildman–Crippen LogP) is 7.78. The van der Waals surface area contributed by atoms with Crippen molar-refractivity contribution in [1.29, 1.82) is 0 Å². The average Bonchev–Trinajstić information content (AvgIpc) is 2.73. The van der Waals surface area contributed by atoms with Gasteiger partial charge in [-0.3, -0.25) is 0 Å². The first-order valence-corrected chi connectivity index (χ1v) is 12.8. The molecule has 29 heavy (non-hydrogen) atoms. The second-order valence-electron chi connectivity index (χ2n) is 9.02. The molecule has 0 radical (unpaired) electrons. The lowest BCUT2D eigenvalue weighted by molar-refractivity contribution is -0.861. The topological polar surface area (TPSA) is 27.5 Å². The van der Waals surface area contributed by atoms with E-state index in [1.54, 1.807) is 7.05 Å². The summed E-state index contributed by atoms with van der Waals surface area (Å²) in [5.41, 5.74) is 1.19. The Bertz CT molecular complexity index is 445. The number of hydrogen-bond donors (Lipinski definition) is 1. The zero-order valence-corrected chi connectivity index (χ0v) is 19.6. The zero-order chi connectivity index (χ0) is 21.0. The SMILES string of the molecule is CCCCCCCCCCCCCCCCCCCC(c1ccccc1)[NH+](C)[O-]. The van der Waals surface area contributed by atoms with Crippen molar-refractivity contribution in [3.63, 3.8) is 0 Å². The lowest BCUT2D eigenvalue weighted by Gasteiger charge is -2.28. The molecule has 1 aromatic rings. The standard InChI is InChI=1S/C27H49NO/c1-3-4-5-6-7-8-9-10-11-12-13-14-15-16-17-18-22-25-27(28(2)29)26-23-20-19-21-24-26/h19-21,23-24,27-28H,3-18,22,25H2,1-2H3. The summed E-state index contributed by atoms with van der Waals surface area (Å²) < 4.78 is 0. The van der Waals surface area contributed by atoms with Crippen LogP contribution in [0, 0.1) is 5.21 Å². The van der Waals surface area contributed by atoms with Crippen LogP contribution in [0.5, 0.6) is 0 Å². The van der Waals surface area contributed by atoms with E-state index in [4.69, 9.17) is 0 Å². The molecule has 2 heteroatoms. The maximum absolute atomic E-state index is 11.9. The average molecular weight is 404 g/mol. The van der Waals surface area contributed by atoms with E-state index in [0.29, 0.717) is 5.06 Å². The summed E-state index contributed by atoms with van der Waals surface area (Å²) in [6, 6.07) is 10.4. The largest absolute Gasteiger partial charge is 0.634 e. The summed E-state index contributed by atoms with van der Waals surface area (Å²) in [5, 5.41) is 12.3. The number of quaternary nitrogens is 1. The van der Waals surface area contributed by atoms with Crippen molar-refractivity contribution in [2.75, 3.05) is 7.05 Å². The fourth-order valence-corrected chi connectivity index (χ4v) is 4.36. The van der Waals surface area contributed by atoms with E-state index in [9.17, 15) is 5.21 Å². The van der Waals surface area contributed by atoms with Gasteiger partial charge in [-0.15, -0.1) is 0 Å². The van der Waals surface area contributed by atoms with Crippen LogP contribution in [0.15, 0.2) is 30.3 Å². The van der Waals surface area contributed by atoms with E-state index in [-0.39, 0.29) is 6.04 Å². The van der Waals surface area contributed by atoms with Crippen LogP contribution < -0.4 is 5.06 Å². The molecular formula is C27H49NO. The van der Waals surface area contributed by atoms with Crippen LogP contribution in [0.3, 0.4) is 0 Å². The maximum Gasteiger partial charge on any atom is 0.113 e. The van der Waals surface area contributed by atoms with E-state index in [0.717, 1.165) is 6.42 Å². The molecule has 1 aromatic carbocycles. The second kappa shape index (κ2) is 19.1. The van der Waals surface area contributed by atoms with Gasteiger partial charge in [-0.05, 0) is 6.42 Å². The third-order valence-electron chi connectivity index (χ3n) is 6.29. The number of rotatable bonds is 20. The minimum absolute atomic E-state index is 0.104. The van der Waals surface area contributed by atoms with Gasteiger partial charge in [0.2, 0.25) is 0 Å². The van der Waals surface area contributed by atoms with Crippen molar-refractivity contribution in [2.24, 2.45) is 0 Å². The summed E-state index contributed by atoms with van der Waals surface area (Å²) in [4.78, 5) is 0. The maximum atomic E-state index is 11.9. The van der Waals surface area contributed by atoms with Crippen LogP contribution in [0.25, 0.3) is 0 Å². The highest BCUT2D eigenvalue weighted by Crippen LogP contribution is 2.18. The highest BCUT2D eigenvalue weighted by atomic mass is 16.5. The molecule has 0 aliphatic heterocycles. The van der Waals surface area contributed by atoms with Gasteiger partial charge in [0.15, 0.2) is 0 Å². The lowest BCUT2D eigenvalue weighted by Crippen LogP contribution is -3.04. The van der Waals surface area contributed by atoms with Crippen LogP contribution in [-0.4, -0.2) is 7.05 Å². The summed E-state index contributed by atoms with van der Waals surface area (Å²) >= 11 is 0. The van der Waals surface area contributed by atoms with Gasteiger partial charge in [0.25, 0.3) is 0 Å². The van der Waals surface area contributed by atoms with Crippen LogP contribution in [-0.2, 0) is 0 Å². The van der Waals surface area contributed by atoms with Gasteiger partial charge in [0.05, 0.1) is 7.05 Å². The van der Waals surface area contributed by atoms with E-state index >= 15 is 0 Å². The Balaban J connectivity index is 1.85. The van der Waals surface area contributed by atoms with Gasteiger partial charge < -0.3 is 10.3 Å². The highest BCUT2D eigenvalue weighted by Gasteiger charge is 2.14. The van der Waals surface area contributed by atoms with Crippen molar-refractivity contribution < 1.29 is 5.06 Å². The van der Waals surface area contributed by atoms with Gasteiger partial charge in [-0.25, -0.2) is 0 Å². The monoisotopic (exact) mass is 403 g/mol. The molecule has 1 N–H and O–H groups in total. The Morgan fingerprint density at radius 2 is 1.00 bits per heavy atom. The molecule has 0 saturated carbocycles. The minimum Gasteiger partial charge on any atom is -0.634 e. The van der Waals surface area contributed by atoms with E-state index in [1.165, 1.54) is 115 Å². The lowest BCUT2D eigenvalue weighted by atomic mass is 9.99. The van der Waals surface area contributed by atoms with Gasteiger partial charge in [-0.1, -0.05) is 140 Å². The molecule has 0 aliphatic carbocycles. The number of hydrogen-bond acceptors (Lipinski definition) is 1. The van der Waals surface area contributed by atoms with E-state index in [2.05, 4.69) is 19.1 Å². The van der Waals surface area contributed by atoms with Crippen LogP contribution >= 0.6 is 0 Å². The third-order valence-corrected chi connectivity index (χ3v) is 6.29. The molecule has 0 heterocycles. The van der Waals surface area contributed by atoms with Gasteiger partial charge in [-0.2, -0.15) is 0 Å². The summed E-state index contributed by atoms with van der Waals surface area (Å²) in [7, 11) is 1.74. The highest BCUT2D eigenvalue weighted by molar-refractivity contribution is 5.17. The number of nitrogens with one attached hydrogen (secondary N) is 1. The number of unbranched alkanes of at least 4 members (excludes halogenated alkanes) is 16. The summed E-state index contributed by atoms with van der Waals surface area (Å²) in [5.74, 6) is 0. The van der Waals surface area contributed by atoms with Crippen molar-refractivity contribution in [2.45, 2.75) is 129 Å². The third kappa shape index (κ3) is 14.7. The van der Waals surface area contributed by atoms with Crippen LogP contribution in [0.4, 0.5) is 0 Å². The first-order chi connectivity index (χ1) is 14.3. The molecule has 0 saturated heterocycles. The van der Waals surface area contributed by atoms with Crippen LogP contribution in [0.1, 0.15) is 134 Å². The van der Waals surface area contributed by atoms with Crippen LogP contribution in [0.2, 0.25) is 0 Å². The van der Waals surface area contributed by atoms with Gasteiger partial charge in [0, 0.05) is 12.0 Å². The molecule has 0 aromatic heterocycles. The molecule has 2 unspecified atom stereocenters. The summed E-state index contributed by atoms with van der Waals surface area (Å²) in [6.45, 7) is 2.29. The molecule has 2 nitrogen and oxygen atoms in total. The Labute approximate surface area is 182 Å². The van der Waals surface area contributed by atoms with E-state index in [1.807, 2.05) is 18.2 Å². The van der Waals surface area contributed by atoms with Crippen molar-refractivity contribution >= 4 is 0 Å². The second-order valence-corrected chi connectivity index (χ2v) is 9.02. The molecule has 0 bridgehead atoms. The normalized spacial score (nSPS) is 13.5. The van der Waals surface area contributed by atoms with Crippen molar-refractivity contribution in [3.05, 3.63) is 41.1 Å². The molecule has 168 valence electrons. The predicted molar refractivity (Wildman–Crippen MR) is 128 cm³/mol.